The summed E-state index contributed by atoms with van der Waals surface area (Å²) >= 11 is 0. The highest BCUT2D eigenvalue weighted by atomic mass is 16.1. The maximum Gasteiger partial charge on any atom is 0.221 e. The average molecular weight is 253 g/mol. The molecule has 2 fully saturated rings. The lowest BCUT2D eigenvalue weighted by Crippen LogP contribution is -2.45. The molecule has 4 nitrogen and oxygen atoms in total. The summed E-state index contributed by atoms with van der Waals surface area (Å²) in [4.78, 5) is 14.2. The van der Waals surface area contributed by atoms with E-state index in [1.54, 1.807) is 0 Å². The quantitative estimate of drug-likeness (QED) is 0.643. The van der Waals surface area contributed by atoms with Crippen molar-refractivity contribution in [1.82, 2.24) is 10.2 Å². The van der Waals surface area contributed by atoms with Crippen molar-refractivity contribution in [3.8, 4) is 0 Å². The summed E-state index contributed by atoms with van der Waals surface area (Å²) in [6.45, 7) is 5.56. The Bertz CT molecular complexity index is 260. The van der Waals surface area contributed by atoms with Crippen LogP contribution in [-0.4, -0.2) is 43.0 Å². The average Bonchev–Trinajstić information content (AvgIpc) is 3.20. The van der Waals surface area contributed by atoms with Crippen LogP contribution in [0, 0.1) is 11.8 Å². The van der Waals surface area contributed by atoms with Crippen LogP contribution in [0.2, 0.25) is 0 Å². The zero-order valence-corrected chi connectivity index (χ0v) is 11.5. The molecule has 0 aromatic rings. The van der Waals surface area contributed by atoms with Crippen molar-refractivity contribution in [1.29, 1.82) is 0 Å². The summed E-state index contributed by atoms with van der Waals surface area (Å²) in [5.74, 6) is 1.88. The van der Waals surface area contributed by atoms with Crippen molar-refractivity contribution in [2.75, 3.05) is 26.2 Å². The standard InChI is InChI=1S/C14H27N3O/c1-2-16-14(18)7-13(8-15)17(9-11-3-4-11)10-12-5-6-12/h11-13H,2-10,15H2,1H3,(H,16,18). The number of hydrogen-bond donors (Lipinski definition) is 2. The first-order chi connectivity index (χ1) is 8.72. The molecule has 1 amide bonds. The summed E-state index contributed by atoms with van der Waals surface area (Å²) in [5, 5.41) is 2.88. The van der Waals surface area contributed by atoms with Crippen LogP contribution in [0.15, 0.2) is 0 Å². The molecule has 104 valence electrons. The first-order valence-corrected chi connectivity index (χ1v) is 7.43. The summed E-state index contributed by atoms with van der Waals surface area (Å²) in [6, 6.07) is 0.234. The maximum absolute atomic E-state index is 11.7. The first kappa shape index (κ1) is 13.8. The number of carbonyl (C=O) groups is 1. The van der Waals surface area contributed by atoms with Crippen LogP contribution in [0.5, 0.6) is 0 Å². The van der Waals surface area contributed by atoms with E-state index < -0.39 is 0 Å². The van der Waals surface area contributed by atoms with Gasteiger partial charge in [0.25, 0.3) is 0 Å². The van der Waals surface area contributed by atoms with Crippen molar-refractivity contribution in [2.45, 2.75) is 45.1 Å². The van der Waals surface area contributed by atoms with Gasteiger partial charge >= 0.3 is 0 Å². The Morgan fingerprint density at radius 2 is 1.83 bits per heavy atom. The van der Waals surface area contributed by atoms with Gasteiger partial charge < -0.3 is 11.1 Å². The van der Waals surface area contributed by atoms with Crippen LogP contribution in [0.3, 0.4) is 0 Å². The molecule has 2 rings (SSSR count). The van der Waals surface area contributed by atoms with Crippen LogP contribution >= 0.6 is 0 Å². The highest BCUT2D eigenvalue weighted by Crippen LogP contribution is 2.34. The van der Waals surface area contributed by atoms with Crippen LogP contribution in [0.4, 0.5) is 0 Å². The van der Waals surface area contributed by atoms with Gasteiger partial charge in [-0.05, 0) is 44.4 Å². The van der Waals surface area contributed by atoms with Gasteiger partial charge in [0, 0.05) is 38.6 Å². The maximum atomic E-state index is 11.7. The molecular formula is C14H27N3O. The third kappa shape index (κ3) is 4.58. The van der Waals surface area contributed by atoms with Crippen molar-refractivity contribution in [3.05, 3.63) is 0 Å². The number of carbonyl (C=O) groups excluding carboxylic acids is 1. The zero-order valence-electron chi connectivity index (χ0n) is 11.5. The molecule has 0 spiro atoms. The fraction of sp³-hybridized carbons (Fsp3) is 0.929. The minimum Gasteiger partial charge on any atom is -0.356 e. The number of amides is 1. The summed E-state index contributed by atoms with van der Waals surface area (Å²) in [5.41, 5.74) is 5.89. The van der Waals surface area contributed by atoms with Crippen LogP contribution < -0.4 is 11.1 Å². The summed E-state index contributed by atoms with van der Waals surface area (Å²) in [6.07, 6.45) is 6.00. The Morgan fingerprint density at radius 3 is 2.22 bits per heavy atom. The fourth-order valence-corrected chi connectivity index (χ4v) is 2.48. The van der Waals surface area contributed by atoms with Gasteiger partial charge in [-0.25, -0.2) is 0 Å². The van der Waals surface area contributed by atoms with E-state index in [0.717, 1.165) is 24.9 Å². The Morgan fingerprint density at radius 1 is 1.28 bits per heavy atom. The SMILES string of the molecule is CCNC(=O)CC(CN)N(CC1CC1)CC1CC1. The molecule has 3 N–H and O–H groups in total. The molecular weight excluding hydrogens is 226 g/mol. The molecule has 0 radical (unpaired) electrons. The summed E-state index contributed by atoms with van der Waals surface area (Å²) < 4.78 is 0. The lowest BCUT2D eigenvalue weighted by Gasteiger charge is -2.30. The normalized spacial score (nSPS) is 21.1. The fourth-order valence-electron chi connectivity index (χ4n) is 2.48. The molecule has 0 aromatic carbocycles. The Balaban J connectivity index is 1.84. The van der Waals surface area contributed by atoms with E-state index in [1.165, 1.54) is 25.7 Å². The molecule has 0 saturated heterocycles. The third-order valence-electron chi connectivity index (χ3n) is 3.96. The third-order valence-corrected chi connectivity index (χ3v) is 3.96. The van der Waals surface area contributed by atoms with Crippen LogP contribution in [-0.2, 0) is 4.79 Å². The molecule has 4 heteroatoms. The molecule has 0 aromatic heterocycles. The molecule has 2 aliphatic carbocycles. The van der Waals surface area contributed by atoms with E-state index in [2.05, 4.69) is 10.2 Å². The molecule has 0 heterocycles. The van der Waals surface area contributed by atoms with E-state index in [9.17, 15) is 4.79 Å². The second-order valence-electron chi connectivity index (χ2n) is 5.89. The second kappa shape index (κ2) is 6.53. The number of rotatable bonds is 9. The van der Waals surface area contributed by atoms with Gasteiger partial charge in [0.2, 0.25) is 5.91 Å². The Labute approximate surface area is 110 Å². The number of nitrogens with two attached hydrogens (primary N) is 1. The van der Waals surface area contributed by atoms with Gasteiger partial charge in [0.15, 0.2) is 0 Å². The molecule has 2 aliphatic rings. The van der Waals surface area contributed by atoms with Gasteiger partial charge in [-0.1, -0.05) is 0 Å². The Kier molecular flexibility index (Phi) is 5.01. The van der Waals surface area contributed by atoms with E-state index in [0.29, 0.717) is 19.5 Å². The summed E-state index contributed by atoms with van der Waals surface area (Å²) in [7, 11) is 0. The second-order valence-corrected chi connectivity index (χ2v) is 5.89. The monoisotopic (exact) mass is 253 g/mol. The van der Waals surface area contributed by atoms with Crippen LogP contribution in [0.1, 0.15) is 39.0 Å². The minimum absolute atomic E-state index is 0.143. The lowest BCUT2D eigenvalue weighted by atomic mass is 10.1. The van der Waals surface area contributed by atoms with Crippen LogP contribution in [0.25, 0.3) is 0 Å². The smallest absolute Gasteiger partial charge is 0.221 e. The van der Waals surface area contributed by atoms with Gasteiger partial charge in [-0.15, -0.1) is 0 Å². The molecule has 0 aliphatic heterocycles. The van der Waals surface area contributed by atoms with Crippen molar-refractivity contribution in [3.63, 3.8) is 0 Å². The van der Waals surface area contributed by atoms with E-state index >= 15 is 0 Å². The molecule has 1 atom stereocenters. The van der Waals surface area contributed by atoms with Gasteiger partial charge in [0.1, 0.15) is 0 Å². The van der Waals surface area contributed by atoms with E-state index in [1.807, 2.05) is 6.92 Å². The van der Waals surface area contributed by atoms with Gasteiger partial charge in [-0.2, -0.15) is 0 Å². The molecule has 1 unspecified atom stereocenters. The Hall–Kier alpha value is -0.610. The predicted octanol–water partition coefficient (Wildman–Crippen LogP) is 0.962. The highest BCUT2D eigenvalue weighted by Gasteiger charge is 2.32. The number of nitrogens with one attached hydrogen (secondary N) is 1. The molecule has 18 heavy (non-hydrogen) atoms. The largest absolute Gasteiger partial charge is 0.356 e. The molecule has 0 bridgehead atoms. The van der Waals surface area contributed by atoms with Crippen molar-refractivity contribution < 1.29 is 4.79 Å². The predicted molar refractivity (Wildman–Crippen MR) is 73.2 cm³/mol. The van der Waals surface area contributed by atoms with E-state index in [-0.39, 0.29) is 11.9 Å². The van der Waals surface area contributed by atoms with Gasteiger partial charge in [0.05, 0.1) is 0 Å². The number of nitrogens with zero attached hydrogens (tertiary/aromatic N) is 1. The number of hydrogen-bond acceptors (Lipinski definition) is 3. The van der Waals surface area contributed by atoms with Crippen molar-refractivity contribution >= 4 is 5.91 Å². The first-order valence-electron chi connectivity index (χ1n) is 7.43. The highest BCUT2D eigenvalue weighted by molar-refractivity contribution is 5.76. The minimum atomic E-state index is 0.143. The van der Waals surface area contributed by atoms with Crippen molar-refractivity contribution in [2.24, 2.45) is 17.6 Å². The topological polar surface area (TPSA) is 58.4 Å². The molecule has 2 saturated carbocycles. The lowest BCUT2D eigenvalue weighted by molar-refractivity contribution is -0.122. The zero-order chi connectivity index (χ0) is 13.0. The van der Waals surface area contributed by atoms with E-state index in [4.69, 9.17) is 5.73 Å². The van der Waals surface area contributed by atoms with Gasteiger partial charge in [-0.3, -0.25) is 9.69 Å².